The van der Waals surface area contributed by atoms with Gasteiger partial charge in [0.25, 0.3) is 0 Å². The third kappa shape index (κ3) is 3.66. The van der Waals surface area contributed by atoms with Crippen molar-refractivity contribution in [2.24, 2.45) is 23.7 Å². The van der Waals surface area contributed by atoms with E-state index in [4.69, 9.17) is 0 Å². The Morgan fingerprint density at radius 2 is 1.24 bits per heavy atom. The van der Waals surface area contributed by atoms with E-state index >= 15 is 0 Å². The second-order valence-corrected chi connectivity index (χ2v) is 23.1. The standard InChI is InChI=1S/C30H36O2Si2/c1-33(2,3)23-17-21-22-18-24(34(4,5)6)27(25(21)23)28(30(32)20-15-11-8-12-16-20)26(22)29(31)19-13-9-7-10-14-19/h7-16,18,21-23,25,27H,17H2,1-6H3. The Morgan fingerprint density at radius 1 is 0.735 bits per heavy atom. The van der Waals surface area contributed by atoms with Crippen LogP contribution in [-0.2, 0) is 0 Å². The number of hydrogen-bond acceptors (Lipinski definition) is 2. The minimum atomic E-state index is -1.69. The summed E-state index contributed by atoms with van der Waals surface area (Å²) in [4.78, 5) is 28.3. The number of carbonyl (C=O) groups excluding carboxylic acids is 2. The Kier molecular flexibility index (Phi) is 5.60. The van der Waals surface area contributed by atoms with Crippen LogP contribution >= 0.6 is 0 Å². The van der Waals surface area contributed by atoms with E-state index in [1.54, 1.807) is 0 Å². The monoisotopic (exact) mass is 484 g/mol. The molecule has 2 bridgehead atoms. The van der Waals surface area contributed by atoms with Crippen LogP contribution in [0.4, 0.5) is 0 Å². The van der Waals surface area contributed by atoms with E-state index in [2.05, 4.69) is 45.4 Å². The molecule has 176 valence electrons. The lowest BCUT2D eigenvalue weighted by atomic mass is 9.49. The van der Waals surface area contributed by atoms with Crippen LogP contribution in [0.25, 0.3) is 0 Å². The van der Waals surface area contributed by atoms with Crippen LogP contribution in [-0.4, -0.2) is 27.7 Å². The van der Waals surface area contributed by atoms with Gasteiger partial charge in [0.2, 0.25) is 0 Å². The molecule has 0 amide bonds. The van der Waals surface area contributed by atoms with E-state index in [1.807, 2.05) is 60.7 Å². The fraction of sp³-hybridized carbons (Fsp3) is 0.400. The van der Waals surface area contributed by atoms with Crippen LogP contribution in [0.3, 0.4) is 0 Å². The van der Waals surface area contributed by atoms with Crippen molar-refractivity contribution in [3.05, 3.63) is 94.2 Å². The van der Waals surface area contributed by atoms with Gasteiger partial charge in [-0.1, -0.05) is 111 Å². The summed E-state index contributed by atoms with van der Waals surface area (Å²) in [5.74, 6) is 1.30. The summed E-state index contributed by atoms with van der Waals surface area (Å²) < 4.78 is 0. The van der Waals surface area contributed by atoms with E-state index in [9.17, 15) is 9.59 Å². The topological polar surface area (TPSA) is 34.1 Å². The predicted molar refractivity (Wildman–Crippen MR) is 146 cm³/mol. The van der Waals surface area contributed by atoms with Gasteiger partial charge in [-0.15, -0.1) is 0 Å². The number of hydrogen-bond donors (Lipinski definition) is 0. The number of allylic oxidation sites excluding steroid dienone is 4. The number of ketones is 2. The molecule has 1 saturated carbocycles. The molecule has 0 aliphatic heterocycles. The Bertz CT molecular complexity index is 1200. The molecule has 0 aromatic heterocycles. The molecule has 34 heavy (non-hydrogen) atoms. The highest BCUT2D eigenvalue weighted by Gasteiger charge is 2.62. The van der Waals surface area contributed by atoms with E-state index in [0.717, 1.165) is 11.1 Å². The quantitative estimate of drug-likeness (QED) is 0.315. The molecule has 0 heterocycles. The van der Waals surface area contributed by atoms with Crippen molar-refractivity contribution in [3.63, 3.8) is 0 Å². The minimum absolute atomic E-state index is 0.0515. The van der Waals surface area contributed by atoms with Gasteiger partial charge in [0.05, 0.1) is 8.07 Å². The molecule has 6 rings (SSSR count). The maximum absolute atomic E-state index is 14.2. The average molecular weight is 485 g/mol. The Hall–Kier alpha value is -2.31. The van der Waals surface area contributed by atoms with E-state index in [0.29, 0.717) is 28.5 Å². The molecule has 4 aliphatic rings. The molecule has 0 radical (unpaired) electrons. The summed E-state index contributed by atoms with van der Waals surface area (Å²) in [6, 6.07) is 19.2. The number of Topliss-reactive ketones (excluding diaryl/α,β-unsaturated/α-hetero) is 2. The van der Waals surface area contributed by atoms with Gasteiger partial charge in [0, 0.05) is 42.2 Å². The van der Waals surface area contributed by atoms with Crippen molar-refractivity contribution in [3.8, 4) is 0 Å². The maximum Gasteiger partial charge on any atom is 0.190 e. The summed E-state index contributed by atoms with van der Waals surface area (Å²) in [7, 11) is -3.09. The van der Waals surface area contributed by atoms with Gasteiger partial charge in [-0.25, -0.2) is 0 Å². The Morgan fingerprint density at radius 3 is 1.71 bits per heavy atom. The highest BCUT2D eigenvalue weighted by molar-refractivity contribution is 6.83. The predicted octanol–water partition coefficient (Wildman–Crippen LogP) is 7.46. The van der Waals surface area contributed by atoms with Gasteiger partial charge >= 0.3 is 0 Å². The first-order chi connectivity index (χ1) is 16.0. The van der Waals surface area contributed by atoms with Crippen LogP contribution in [0.15, 0.2) is 83.1 Å². The van der Waals surface area contributed by atoms with Crippen molar-refractivity contribution in [2.45, 2.75) is 51.2 Å². The largest absolute Gasteiger partial charge is 0.289 e. The number of benzene rings is 2. The second-order valence-electron chi connectivity index (χ2n) is 12.5. The van der Waals surface area contributed by atoms with Crippen LogP contribution in [0.1, 0.15) is 27.1 Å². The van der Waals surface area contributed by atoms with E-state index < -0.39 is 16.1 Å². The van der Waals surface area contributed by atoms with Gasteiger partial charge < -0.3 is 0 Å². The summed E-state index contributed by atoms with van der Waals surface area (Å²) in [5, 5.41) is 1.51. The van der Waals surface area contributed by atoms with Crippen molar-refractivity contribution in [2.75, 3.05) is 0 Å². The molecule has 0 spiro atoms. The van der Waals surface area contributed by atoms with Crippen molar-refractivity contribution in [1.29, 1.82) is 0 Å². The zero-order valence-electron chi connectivity index (χ0n) is 21.3. The molecule has 2 aromatic carbocycles. The molecule has 4 aliphatic carbocycles. The molecule has 2 aromatic rings. The van der Waals surface area contributed by atoms with Crippen molar-refractivity contribution >= 4 is 27.7 Å². The van der Waals surface area contributed by atoms with E-state index in [-0.39, 0.29) is 23.4 Å². The molecule has 5 unspecified atom stereocenters. The van der Waals surface area contributed by atoms with Gasteiger partial charge in [0.1, 0.15) is 0 Å². The van der Waals surface area contributed by atoms with Crippen LogP contribution in [0.2, 0.25) is 44.8 Å². The summed E-state index contributed by atoms with van der Waals surface area (Å²) >= 11 is 0. The molecule has 1 fully saturated rings. The van der Waals surface area contributed by atoms with Gasteiger partial charge in [-0.2, -0.15) is 0 Å². The first-order valence-corrected chi connectivity index (χ1v) is 19.7. The highest BCUT2D eigenvalue weighted by atomic mass is 28.3. The lowest BCUT2D eigenvalue weighted by Crippen LogP contribution is -2.59. The number of carbonyl (C=O) groups is 2. The molecule has 0 saturated heterocycles. The fourth-order valence-corrected chi connectivity index (χ4v) is 11.4. The van der Waals surface area contributed by atoms with E-state index in [1.165, 1.54) is 11.6 Å². The second kappa shape index (κ2) is 8.13. The van der Waals surface area contributed by atoms with Crippen LogP contribution in [0.5, 0.6) is 0 Å². The van der Waals surface area contributed by atoms with Crippen LogP contribution in [0, 0.1) is 23.7 Å². The summed E-state index contributed by atoms with van der Waals surface area (Å²) in [6.07, 6.45) is 3.66. The Labute approximate surface area is 206 Å². The molecule has 2 nitrogen and oxygen atoms in total. The Balaban J connectivity index is 1.74. The first-order valence-electron chi connectivity index (χ1n) is 12.7. The van der Waals surface area contributed by atoms with Crippen molar-refractivity contribution in [1.82, 2.24) is 0 Å². The molecular weight excluding hydrogens is 449 g/mol. The third-order valence-electron chi connectivity index (χ3n) is 8.50. The molecule has 4 heteroatoms. The zero-order chi connectivity index (χ0) is 24.4. The highest BCUT2D eigenvalue weighted by Crippen LogP contribution is 2.67. The zero-order valence-corrected chi connectivity index (χ0v) is 23.3. The molecule has 5 atom stereocenters. The SMILES string of the molecule is C[Si](C)(C)C1=CC2C(C(=O)c3ccccc3)=C(C(=O)c3ccccc3)C1C1C2CC1[Si](C)(C)C. The molecular formula is C30H36O2Si2. The summed E-state index contributed by atoms with van der Waals surface area (Å²) in [6.45, 7) is 14.6. The van der Waals surface area contributed by atoms with Crippen molar-refractivity contribution < 1.29 is 9.59 Å². The van der Waals surface area contributed by atoms with Gasteiger partial charge in [0.15, 0.2) is 11.6 Å². The fourth-order valence-electron chi connectivity index (χ4n) is 6.87. The molecule has 0 N–H and O–H groups in total. The lowest BCUT2D eigenvalue weighted by molar-refractivity contribution is 0.0648. The lowest BCUT2D eigenvalue weighted by Gasteiger charge is -2.63. The minimum Gasteiger partial charge on any atom is -0.289 e. The van der Waals surface area contributed by atoms with Crippen LogP contribution < -0.4 is 0 Å². The number of rotatable bonds is 6. The normalized spacial score (nSPS) is 28.2. The first kappa shape index (κ1) is 23.4. The average Bonchev–Trinajstić information content (AvgIpc) is 2.76. The van der Waals surface area contributed by atoms with Gasteiger partial charge in [-0.3, -0.25) is 9.59 Å². The maximum atomic E-state index is 14.2. The summed E-state index contributed by atoms with van der Waals surface area (Å²) in [5.41, 5.74) is 3.73. The smallest absolute Gasteiger partial charge is 0.190 e. The van der Waals surface area contributed by atoms with Gasteiger partial charge in [-0.05, 0) is 23.8 Å². The third-order valence-corrected chi connectivity index (χ3v) is 13.6.